The molecular formula is C36H39Cl2N3O5S. The lowest BCUT2D eigenvalue weighted by molar-refractivity contribution is -0.140. The molecule has 0 aliphatic rings. The predicted molar refractivity (Wildman–Crippen MR) is 187 cm³/mol. The number of nitrogens with zero attached hydrogens (tertiary/aromatic N) is 2. The Morgan fingerprint density at radius 3 is 1.94 bits per heavy atom. The molecule has 1 atom stereocenters. The zero-order valence-corrected chi connectivity index (χ0v) is 29.1. The molecule has 11 heteroatoms. The average molecular weight is 697 g/mol. The van der Waals surface area contributed by atoms with Crippen LogP contribution in [0.5, 0.6) is 5.75 Å². The van der Waals surface area contributed by atoms with Crippen LogP contribution in [0.1, 0.15) is 38.8 Å². The first-order valence-electron chi connectivity index (χ1n) is 15.2. The van der Waals surface area contributed by atoms with Crippen LogP contribution >= 0.6 is 23.2 Å². The van der Waals surface area contributed by atoms with E-state index < -0.39 is 34.1 Å². The first-order chi connectivity index (χ1) is 22.3. The lowest BCUT2D eigenvalue weighted by Crippen LogP contribution is -2.56. The Bertz CT molecular complexity index is 1740. The summed E-state index contributed by atoms with van der Waals surface area (Å²) in [5, 5.41) is 3.91. The molecule has 0 saturated carbocycles. The number of sulfonamides is 1. The lowest BCUT2D eigenvalue weighted by Gasteiger charge is -2.35. The van der Waals surface area contributed by atoms with E-state index in [0.29, 0.717) is 22.4 Å². The van der Waals surface area contributed by atoms with Gasteiger partial charge in [-0.3, -0.25) is 13.9 Å². The second kappa shape index (κ2) is 15.7. The molecule has 0 spiro atoms. The smallest absolute Gasteiger partial charge is 0.264 e. The molecule has 0 heterocycles. The van der Waals surface area contributed by atoms with Crippen molar-refractivity contribution < 1.29 is 22.7 Å². The van der Waals surface area contributed by atoms with Gasteiger partial charge < -0.3 is 15.0 Å². The summed E-state index contributed by atoms with van der Waals surface area (Å²) in [6.45, 7) is 7.32. The van der Waals surface area contributed by atoms with E-state index in [1.165, 1.54) is 29.2 Å². The summed E-state index contributed by atoms with van der Waals surface area (Å²) < 4.78 is 35.0. The van der Waals surface area contributed by atoms with E-state index in [1.54, 1.807) is 48.5 Å². The number of benzene rings is 4. The molecule has 0 aromatic heterocycles. The van der Waals surface area contributed by atoms with Crippen molar-refractivity contribution in [3.63, 3.8) is 0 Å². The first kappa shape index (κ1) is 35.8. The van der Waals surface area contributed by atoms with Gasteiger partial charge in [0.2, 0.25) is 11.8 Å². The van der Waals surface area contributed by atoms with Gasteiger partial charge in [-0.15, -0.1) is 0 Å². The molecule has 8 nitrogen and oxygen atoms in total. The minimum Gasteiger partial charge on any atom is -0.494 e. The molecule has 4 rings (SSSR count). The fourth-order valence-electron chi connectivity index (χ4n) is 4.93. The Kier molecular flexibility index (Phi) is 12.0. The largest absolute Gasteiger partial charge is 0.494 e. The quantitative estimate of drug-likeness (QED) is 0.160. The number of ether oxygens (including phenoxy) is 1. The van der Waals surface area contributed by atoms with Gasteiger partial charge in [0.05, 0.1) is 17.2 Å². The number of anilines is 1. The topological polar surface area (TPSA) is 96.0 Å². The molecule has 0 saturated heterocycles. The number of halogens is 2. The molecule has 0 unspecified atom stereocenters. The van der Waals surface area contributed by atoms with Crippen molar-refractivity contribution in [1.29, 1.82) is 0 Å². The SMILES string of the molecule is CCOc1ccc(N(CC(=O)N(Cc2ccc(Cl)cc2)[C@H](Cc2ccccc2)C(=O)NC(C)(C)C)S(=O)(=O)c2ccc(Cl)cc2)cc1. The molecule has 4 aromatic rings. The van der Waals surface area contributed by atoms with Gasteiger partial charge in [-0.1, -0.05) is 65.7 Å². The van der Waals surface area contributed by atoms with Crippen molar-refractivity contribution in [2.75, 3.05) is 17.5 Å². The maximum Gasteiger partial charge on any atom is 0.264 e. The second-order valence-corrected chi connectivity index (χ2v) is 14.7. The summed E-state index contributed by atoms with van der Waals surface area (Å²) in [6, 6.07) is 27.6. The summed E-state index contributed by atoms with van der Waals surface area (Å²) >= 11 is 12.2. The monoisotopic (exact) mass is 695 g/mol. The third-order valence-electron chi connectivity index (χ3n) is 7.15. The maximum absolute atomic E-state index is 14.6. The van der Waals surface area contributed by atoms with Crippen molar-refractivity contribution in [2.45, 2.75) is 57.1 Å². The van der Waals surface area contributed by atoms with E-state index >= 15 is 0 Å². The summed E-state index contributed by atoms with van der Waals surface area (Å²) in [5.74, 6) is -0.384. The van der Waals surface area contributed by atoms with Crippen LogP contribution in [0, 0.1) is 0 Å². The molecule has 4 aromatic carbocycles. The zero-order chi connectivity index (χ0) is 34.2. The van der Waals surface area contributed by atoms with Gasteiger partial charge in [-0.05, 0) is 99.5 Å². The summed E-state index contributed by atoms with van der Waals surface area (Å²) in [4.78, 5) is 29.9. The van der Waals surface area contributed by atoms with Crippen LogP contribution in [0.4, 0.5) is 5.69 Å². The Labute approximate surface area is 287 Å². The predicted octanol–water partition coefficient (Wildman–Crippen LogP) is 7.14. The Morgan fingerprint density at radius 1 is 0.809 bits per heavy atom. The maximum atomic E-state index is 14.6. The van der Waals surface area contributed by atoms with Crippen molar-refractivity contribution in [3.8, 4) is 5.75 Å². The lowest BCUT2D eigenvalue weighted by atomic mass is 10.0. The zero-order valence-electron chi connectivity index (χ0n) is 26.8. The number of amides is 2. The number of hydrogen-bond donors (Lipinski definition) is 1. The van der Waals surface area contributed by atoms with Crippen molar-refractivity contribution >= 4 is 50.7 Å². The highest BCUT2D eigenvalue weighted by molar-refractivity contribution is 7.92. The molecule has 1 N–H and O–H groups in total. The van der Waals surface area contributed by atoms with Gasteiger partial charge in [0.25, 0.3) is 10.0 Å². The number of hydrogen-bond acceptors (Lipinski definition) is 5. The standard InChI is InChI=1S/C36H39Cl2N3O5S/c1-5-46-31-19-17-30(18-20-31)41(47(44,45)32-21-15-29(38)16-22-32)25-34(42)40(24-27-11-13-28(37)14-12-27)33(35(43)39-36(2,3)4)23-26-9-7-6-8-10-26/h6-22,33H,5,23-25H2,1-4H3,(H,39,43)/t33-/m1/s1. The van der Waals surface area contributed by atoms with Gasteiger partial charge in [0.1, 0.15) is 18.3 Å². The average Bonchev–Trinajstić information content (AvgIpc) is 3.03. The number of nitrogens with one attached hydrogen (secondary N) is 1. The van der Waals surface area contributed by atoms with Crippen molar-refractivity contribution in [3.05, 3.63) is 124 Å². The molecule has 0 radical (unpaired) electrons. The molecule has 47 heavy (non-hydrogen) atoms. The van der Waals surface area contributed by atoms with Crippen LogP contribution in [-0.4, -0.2) is 49.9 Å². The van der Waals surface area contributed by atoms with Gasteiger partial charge in [-0.2, -0.15) is 0 Å². The molecule has 2 amide bonds. The van der Waals surface area contributed by atoms with E-state index in [9.17, 15) is 18.0 Å². The normalized spacial score (nSPS) is 12.2. The van der Waals surface area contributed by atoms with Gasteiger partial charge in [-0.25, -0.2) is 8.42 Å². The Balaban J connectivity index is 1.81. The highest BCUT2D eigenvalue weighted by atomic mass is 35.5. The molecule has 0 aliphatic heterocycles. The minimum absolute atomic E-state index is 0.0309. The number of rotatable bonds is 13. The third-order valence-corrected chi connectivity index (χ3v) is 9.44. The Morgan fingerprint density at radius 2 is 1.38 bits per heavy atom. The van der Waals surface area contributed by atoms with Crippen LogP contribution in [0.2, 0.25) is 10.0 Å². The van der Waals surface area contributed by atoms with Crippen LogP contribution in [0.25, 0.3) is 0 Å². The van der Waals surface area contributed by atoms with Crippen LogP contribution in [0.15, 0.2) is 108 Å². The fourth-order valence-corrected chi connectivity index (χ4v) is 6.60. The van der Waals surface area contributed by atoms with Gasteiger partial charge >= 0.3 is 0 Å². The fraction of sp³-hybridized carbons (Fsp3) is 0.278. The highest BCUT2D eigenvalue weighted by Crippen LogP contribution is 2.28. The highest BCUT2D eigenvalue weighted by Gasteiger charge is 2.35. The van der Waals surface area contributed by atoms with Crippen molar-refractivity contribution in [2.24, 2.45) is 0 Å². The summed E-state index contributed by atoms with van der Waals surface area (Å²) in [5.41, 5.74) is 1.22. The molecule has 0 fully saturated rings. The first-order valence-corrected chi connectivity index (χ1v) is 17.4. The van der Waals surface area contributed by atoms with E-state index in [-0.39, 0.29) is 29.5 Å². The second-order valence-electron chi connectivity index (χ2n) is 12.0. The van der Waals surface area contributed by atoms with Crippen LogP contribution in [-0.2, 0) is 32.6 Å². The van der Waals surface area contributed by atoms with E-state index in [2.05, 4.69) is 5.32 Å². The summed E-state index contributed by atoms with van der Waals surface area (Å²) in [6.07, 6.45) is 0.203. The van der Waals surface area contributed by atoms with Crippen molar-refractivity contribution in [1.82, 2.24) is 10.2 Å². The van der Waals surface area contributed by atoms with Crippen LogP contribution in [0.3, 0.4) is 0 Å². The number of carbonyl (C=O) groups is 2. The molecule has 0 aliphatic carbocycles. The summed E-state index contributed by atoms with van der Waals surface area (Å²) in [7, 11) is -4.27. The van der Waals surface area contributed by atoms with E-state index in [0.717, 1.165) is 15.4 Å². The molecule has 0 bridgehead atoms. The number of carbonyl (C=O) groups excluding carboxylic acids is 2. The minimum atomic E-state index is -4.27. The molecule has 248 valence electrons. The Hall–Kier alpha value is -4.05. The van der Waals surface area contributed by atoms with E-state index in [1.807, 2.05) is 58.0 Å². The third kappa shape index (κ3) is 9.97. The molecular weight excluding hydrogens is 657 g/mol. The van der Waals surface area contributed by atoms with Crippen LogP contribution < -0.4 is 14.4 Å². The van der Waals surface area contributed by atoms with E-state index in [4.69, 9.17) is 27.9 Å². The van der Waals surface area contributed by atoms with Gasteiger partial charge in [0.15, 0.2) is 0 Å². The van der Waals surface area contributed by atoms with Gasteiger partial charge in [0, 0.05) is 28.5 Å².